The van der Waals surface area contributed by atoms with Crippen molar-refractivity contribution in [2.45, 2.75) is 26.2 Å². The van der Waals surface area contributed by atoms with E-state index in [-0.39, 0.29) is 11.7 Å². The van der Waals surface area contributed by atoms with E-state index in [0.29, 0.717) is 30.4 Å². The molecule has 0 saturated carbocycles. The predicted octanol–water partition coefficient (Wildman–Crippen LogP) is 4.50. The van der Waals surface area contributed by atoms with Gasteiger partial charge < -0.3 is 19.5 Å². The Morgan fingerprint density at radius 2 is 1.60 bits per heavy atom. The van der Waals surface area contributed by atoms with Gasteiger partial charge in [-0.05, 0) is 54.4 Å². The molecule has 30 heavy (non-hydrogen) atoms. The van der Waals surface area contributed by atoms with Crippen LogP contribution in [-0.2, 0) is 17.9 Å². The summed E-state index contributed by atoms with van der Waals surface area (Å²) in [5, 5.41) is 2.86. The van der Waals surface area contributed by atoms with E-state index in [2.05, 4.69) is 5.32 Å². The van der Waals surface area contributed by atoms with Gasteiger partial charge in [-0.3, -0.25) is 4.79 Å². The maximum absolute atomic E-state index is 12.9. The molecule has 0 fully saturated rings. The Balaban J connectivity index is 1.45. The molecule has 3 aromatic rings. The molecule has 3 rings (SSSR count). The molecule has 1 amide bonds. The van der Waals surface area contributed by atoms with Crippen molar-refractivity contribution in [1.82, 2.24) is 5.32 Å². The highest BCUT2D eigenvalue weighted by molar-refractivity contribution is 5.80. The van der Waals surface area contributed by atoms with Crippen LogP contribution in [0.2, 0.25) is 0 Å². The normalized spacial score (nSPS) is 11.4. The molecule has 0 radical (unpaired) electrons. The van der Waals surface area contributed by atoms with Crippen LogP contribution in [0.5, 0.6) is 17.2 Å². The quantitative estimate of drug-likeness (QED) is 0.566. The molecule has 1 atom stereocenters. The minimum atomic E-state index is -0.643. The number of ether oxygens (including phenoxy) is 3. The van der Waals surface area contributed by atoms with E-state index in [0.717, 1.165) is 11.1 Å². The molecular weight excluding hydrogens is 385 g/mol. The number of carbonyl (C=O) groups excluding carboxylic acids is 1. The standard InChI is InChI=1S/C24H24FNO4/c1-17(30-23-5-3-4-22(14-23)28-2)24(27)26-15-18-8-12-21(13-9-18)29-16-19-6-10-20(25)11-7-19/h3-14,17H,15-16H2,1-2H3,(H,26,27)/t17-/m0/s1. The second kappa shape index (κ2) is 10.3. The lowest BCUT2D eigenvalue weighted by atomic mass is 10.2. The molecule has 0 aromatic heterocycles. The lowest BCUT2D eigenvalue weighted by Gasteiger charge is -2.15. The van der Waals surface area contributed by atoms with Gasteiger partial charge in [0.2, 0.25) is 0 Å². The largest absolute Gasteiger partial charge is 0.497 e. The van der Waals surface area contributed by atoms with Crippen LogP contribution in [0.3, 0.4) is 0 Å². The minimum absolute atomic E-state index is 0.213. The first-order valence-corrected chi connectivity index (χ1v) is 9.58. The third-order valence-electron chi connectivity index (χ3n) is 4.43. The van der Waals surface area contributed by atoms with Crippen molar-refractivity contribution < 1.29 is 23.4 Å². The van der Waals surface area contributed by atoms with Crippen molar-refractivity contribution in [2.75, 3.05) is 7.11 Å². The molecule has 0 heterocycles. The number of benzene rings is 3. The molecule has 0 aliphatic carbocycles. The van der Waals surface area contributed by atoms with Crippen LogP contribution in [-0.4, -0.2) is 19.1 Å². The SMILES string of the molecule is COc1cccc(O[C@@H](C)C(=O)NCc2ccc(OCc3ccc(F)cc3)cc2)c1. The summed E-state index contributed by atoms with van der Waals surface area (Å²) in [6, 6.07) is 20.7. The minimum Gasteiger partial charge on any atom is -0.497 e. The Bertz CT molecular complexity index is 958. The average Bonchev–Trinajstić information content (AvgIpc) is 2.78. The van der Waals surface area contributed by atoms with Gasteiger partial charge in [-0.2, -0.15) is 0 Å². The van der Waals surface area contributed by atoms with Crippen LogP contribution in [0, 0.1) is 5.82 Å². The number of carbonyl (C=O) groups is 1. The van der Waals surface area contributed by atoms with E-state index < -0.39 is 6.10 Å². The van der Waals surface area contributed by atoms with Gasteiger partial charge >= 0.3 is 0 Å². The van der Waals surface area contributed by atoms with E-state index in [4.69, 9.17) is 14.2 Å². The Morgan fingerprint density at radius 3 is 2.30 bits per heavy atom. The molecule has 5 nitrogen and oxygen atoms in total. The number of hydrogen-bond donors (Lipinski definition) is 1. The Kier molecular flexibility index (Phi) is 7.27. The van der Waals surface area contributed by atoms with Crippen LogP contribution >= 0.6 is 0 Å². The van der Waals surface area contributed by atoms with Gasteiger partial charge in [-0.1, -0.05) is 30.3 Å². The third-order valence-corrected chi connectivity index (χ3v) is 4.43. The summed E-state index contributed by atoms with van der Waals surface area (Å²) >= 11 is 0. The molecule has 0 aliphatic heterocycles. The topological polar surface area (TPSA) is 56.8 Å². The third kappa shape index (κ3) is 6.24. The summed E-state index contributed by atoms with van der Waals surface area (Å²) in [6.45, 7) is 2.43. The lowest BCUT2D eigenvalue weighted by molar-refractivity contribution is -0.127. The number of nitrogens with one attached hydrogen (secondary N) is 1. The summed E-state index contributed by atoms with van der Waals surface area (Å²) in [4.78, 5) is 12.3. The molecule has 1 N–H and O–H groups in total. The van der Waals surface area contributed by atoms with Gasteiger partial charge in [0.15, 0.2) is 6.10 Å². The molecule has 0 unspecified atom stereocenters. The van der Waals surface area contributed by atoms with E-state index in [9.17, 15) is 9.18 Å². The first kappa shape index (κ1) is 21.2. The van der Waals surface area contributed by atoms with Crippen LogP contribution < -0.4 is 19.5 Å². The highest BCUT2D eigenvalue weighted by atomic mass is 19.1. The highest BCUT2D eigenvalue weighted by Crippen LogP contribution is 2.20. The second-order valence-corrected chi connectivity index (χ2v) is 6.72. The fraction of sp³-hybridized carbons (Fsp3) is 0.208. The van der Waals surface area contributed by atoms with Crippen LogP contribution in [0.1, 0.15) is 18.1 Å². The predicted molar refractivity (Wildman–Crippen MR) is 112 cm³/mol. The first-order chi connectivity index (χ1) is 14.5. The number of rotatable bonds is 9. The van der Waals surface area contributed by atoms with E-state index in [1.165, 1.54) is 12.1 Å². The fourth-order valence-corrected chi connectivity index (χ4v) is 2.72. The zero-order valence-corrected chi connectivity index (χ0v) is 16.9. The molecule has 156 valence electrons. The Hall–Kier alpha value is -3.54. The number of halogens is 1. The van der Waals surface area contributed by atoms with Crippen molar-refractivity contribution in [2.24, 2.45) is 0 Å². The van der Waals surface area contributed by atoms with Crippen LogP contribution in [0.25, 0.3) is 0 Å². The van der Waals surface area contributed by atoms with Gasteiger partial charge in [0.05, 0.1) is 7.11 Å². The summed E-state index contributed by atoms with van der Waals surface area (Å²) in [7, 11) is 1.58. The molecule has 0 saturated heterocycles. The molecular formula is C24H24FNO4. The zero-order chi connectivity index (χ0) is 21.3. The van der Waals surface area contributed by atoms with Gasteiger partial charge in [-0.15, -0.1) is 0 Å². The number of hydrogen-bond acceptors (Lipinski definition) is 4. The summed E-state index contributed by atoms with van der Waals surface area (Å²) in [5.41, 5.74) is 1.82. The maximum atomic E-state index is 12.9. The maximum Gasteiger partial charge on any atom is 0.261 e. The smallest absolute Gasteiger partial charge is 0.261 e. The average molecular weight is 409 g/mol. The van der Waals surface area contributed by atoms with Crippen molar-refractivity contribution >= 4 is 5.91 Å². The molecule has 0 aliphatic rings. The molecule has 0 spiro atoms. The summed E-state index contributed by atoms with van der Waals surface area (Å²) in [6.07, 6.45) is -0.643. The van der Waals surface area contributed by atoms with Crippen LogP contribution in [0.4, 0.5) is 4.39 Å². The first-order valence-electron chi connectivity index (χ1n) is 9.58. The van der Waals surface area contributed by atoms with E-state index in [1.54, 1.807) is 44.4 Å². The van der Waals surface area contributed by atoms with Crippen LogP contribution in [0.15, 0.2) is 72.8 Å². The summed E-state index contributed by atoms with van der Waals surface area (Å²) < 4.78 is 29.5. The Labute approximate surface area is 175 Å². The molecule has 6 heteroatoms. The Morgan fingerprint density at radius 1 is 0.933 bits per heavy atom. The van der Waals surface area contributed by atoms with Gasteiger partial charge in [0.1, 0.15) is 29.7 Å². The molecule has 0 bridgehead atoms. The van der Waals surface area contributed by atoms with Gasteiger partial charge in [0, 0.05) is 12.6 Å². The van der Waals surface area contributed by atoms with Crippen molar-refractivity contribution in [3.63, 3.8) is 0 Å². The monoisotopic (exact) mass is 409 g/mol. The van der Waals surface area contributed by atoms with Gasteiger partial charge in [-0.25, -0.2) is 4.39 Å². The lowest BCUT2D eigenvalue weighted by Crippen LogP contribution is -2.35. The zero-order valence-electron chi connectivity index (χ0n) is 16.9. The number of methoxy groups -OCH3 is 1. The second-order valence-electron chi connectivity index (χ2n) is 6.72. The van der Waals surface area contributed by atoms with Crippen molar-refractivity contribution in [3.8, 4) is 17.2 Å². The summed E-state index contributed by atoms with van der Waals surface area (Å²) in [5.74, 6) is 1.45. The van der Waals surface area contributed by atoms with Crippen molar-refractivity contribution in [1.29, 1.82) is 0 Å². The highest BCUT2D eigenvalue weighted by Gasteiger charge is 2.14. The number of amides is 1. The van der Waals surface area contributed by atoms with Crippen molar-refractivity contribution in [3.05, 3.63) is 89.7 Å². The molecule has 3 aromatic carbocycles. The van der Waals surface area contributed by atoms with E-state index >= 15 is 0 Å². The van der Waals surface area contributed by atoms with Gasteiger partial charge in [0.25, 0.3) is 5.91 Å². The fourth-order valence-electron chi connectivity index (χ4n) is 2.72. The van der Waals surface area contributed by atoms with E-state index in [1.807, 2.05) is 30.3 Å².